The Hall–Kier alpha value is -1.10. The van der Waals surface area contributed by atoms with Crippen LogP contribution >= 0.6 is 39.7 Å². The number of thiocarbonyl (C=S) groups is 1. The number of nitrogens with one attached hydrogen (secondary N) is 2. The summed E-state index contributed by atoms with van der Waals surface area (Å²) in [6.07, 6.45) is 7.02. The molecule has 26 heavy (non-hydrogen) atoms. The second kappa shape index (κ2) is 8.73. The van der Waals surface area contributed by atoms with Crippen LogP contribution in [0.5, 0.6) is 0 Å². The zero-order valence-corrected chi connectivity index (χ0v) is 18.1. The average Bonchev–Trinajstić information content (AvgIpc) is 3.05. The Bertz CT molecular complexity index is 787. The Morgan fingerprint density at radius 1 is 1.19 bits per heavy atom. The van der Waals surface area contributed by atoms with E-state index in [2.05, 4.69) is 57.8 Å². The van der Waals surface area contributed by atoms with Gasteiger partial charge >= 0.3 is 0 Å². The highest BCUT2D eigenvalue weighted by atomic mass is 79.9. The van der Waals surface area contributed by atoms with Crippen LogP contribution in [0.2, 0.25) is 5.02 Å². The van der Waals surface area contributed by atoms with Gasteiger partial charge in [-0.25, -0.2) is 0 Å². The molecule has 2 nitrogen and oxygen atoms in total. The summed E-state index contributed by atoms with van der Waals surface area (Å²) in [5.74, 6) is 0. The molecule has 0 atom stereocenters. The van der Waals surface area contributed by atoms with E-state index in [-0.39, 0.29) is 5.54 Å². The van der Waals surface area contributed by atoms with Gasteiger partial charge in [-0.1, -0.05) is 54.3 Å². The smallest absolute Gasteiger partial charge is 0.171 e. The molecule has 2 aromatic carbocycles. The van der Waals surface area contributed by atoms with E-state index in [4.69, 9.17) is 23.8 Å². The molecule has 1 aliphatic carbocycles. The summed E-state index contributed by atoms with van der Waals surface area (Å²) in [5, 5.41) is 8.26. The molecule has 0 saturated heterocycles. The van der Waals surface area contributed by atoms with Crippen LogP contribution in [0.25, 0.3) is 0 Å². The van der Waals surface area contributed by atoms with Gasteiger partial charge in [-0.3, -0.25) is 0 Å². The molecule has 5 heteroatoms. The van der Waals surface area contributed by atoms with E-state index < -0.39 is 0 Å². The standard InChI is InChI=1S/C21H24BrClN2S/c1-15-5-4-6-16(13-15)9-12-21(10-2-3-11-21)25-20(26)24-17-7-8-18(22)19(23)14-17/h4-8,13-14H,2-3,9-12H2,1H3,(H2,24,25,26). The third kappa shape index (κ3) is 5.21. The molecule has 1 saturated carbocycles. The lowest BCUT2D eigenvalue weighted by molar-refractivity contribution is 0.362. The molecule has 2 N–H and O–H groups in total. The van der Waals surface area contributed by atoms with Crippen LogP contribution in [0, 0.1) is 6.92 Å². The van der Waals surface area contributed by atoms with Crippen molar-refractivity contribution in [2.75, 3.05) is 5.32 Å². The lowest BCUT2D eigenvalue weighted by Crippen LogP contribution is -2.48. The van der Waals surface area contributed by atoms with Crippen LogP contribution < -0.4 is 10.6 Å². The summed E-state index contributed by atoms with van der Waals surface area (Å²) >= 11 is 15.2. The number of rotatable bonds is 5. The number of aryl methyl sites for hydroxylation is 2. The van der Waals surface area contributed by atoms with Gasteiger partial charge in [-0.15, -0.1) is 0 Å². The molecule has 0 unspecified atom stereocenters. The summed E-state index contributed by atoms with van der Waals surface area (Å²) in [7, 11) is 0. The summed E-state index contributed by atoms with van der Waals surface area (Å²) in [6, 6.07) is 14.6. The van der Waals surface area contributed by atoms with Gasteiger partial charge in [-0.2, -0.15) is 0 Å². The van der Waals surface area contributed by atoms with Crippen LogP contribution in [-0.4, -0.2) is 10.7 Å². The van der Waals surface area contributed by atoms with Gasteiger partial charge < -0.3 is 10.6 Å². The van der Waals surface area contributed by atoms with E-state index in [1.165, 1.54) is 36.8 Å². The van der Waals surface area contributed by atoms with Crippen molar-refractivity contribution in [1.82, 2.24) is 5.32 Å². The third-order valence-corrected chi connectivity index (χ3v) is 6.53. The minimum atomic E-state index is 0.0903. The van der Waals surface area contributed by atoms with Gasteiger partial charge in [0.05, 0.1) is 5.02 Å². The highest BCUT2D eigenvalue weighted by Gasteiger charge is 2.34. The largest absolute Gasteiger partial charge is 0.357 e. The van der Waals surface area contributed by atoms with Gasteiger partial charge in [0.25, 0.3) is 0 Å². The van der Waals surface area contributed by atoms with Gasteiger partial charge in [0.2, 0.25) is 0 Å². The highest BCUT2D eigenvalue weighted by Crippen LogP contribution is 2.34. The minimum absolute atomic E-state index is 0.0903. The first-order valence-corrected chi connectivity index (χ1v) is 10.6. The van der Waals surface area contributed by atoms with Gasteiger partial charge in [0.1, 0.15) is 0 Å². The quantitative estimate of drug-likeness (QED) is 0.498. The summed E-state index contributed by atoms with van der Waals surface area (Å²) < 4.78 is 0.883. The molecule has 0 radical (unpaired) electrons. The number of anilines is 1. The number of halogens is 2. The van der Waals surface area contributed by atoms with Crippen LogP contribution in [-0.2, 0) is 6.42 Å². The maximum Gasteiger partial charge on any atom is 0.171 e. The molecule has 0 amide bonds. The molecule has 3 rings (SSSR count). The second-order valence-corrected chi connectivity index (χ2v) is 8.85. The molecule has 1 fully saturated rings. The van der Waals surface area contributed by atoms with E-state index in [1.807, 2.05) is 18.2 Å². The lowest BCUT2D eigenvalue weighted by Gasteiger charge is -2.32. The molecule has 0 heterocycles. The third-order valence-electron chi connectivity index (χ3n) is 5.09. The predicted octanol–water partition coefficient (Wildman–Crippen LogP) is 6.64. The molecule has 138 valence electrons. The van der Waals surface area contributed by atoms with Gasteiger partial charge in [0.15, 0.2) is 5.11 Å². The van der Waals surface area contributed by atoms with Crippen molar-refractivity contribution in [3.63, 3.8) is 0 Å². The van der Waals surface area contributed by atoms with Crippen molar-refractivity contribution in [3.8, 4) is 0 Å². The zero-order chi connectivity index (χ0) is 18.6. The molecular weight excluding hydrogens is 428 g/mol. The maximum absolute atomic E-state index is 6.17. The first-order chi connectivity index (χ1) is 12.5. The molecule has 2 aromatic rings. The second-order valence-electron chi connectivity index (χ2n) is 7.18. The topological polar surface area (TPSA) is 24.1 Å². The van der Waals surface area contributed by atoms with Crippen LogP contribution in [0.15, 0.2) is 46.9 Å². The Morgan fingerprint density at radius 2 is 1.96 bits per heavy atom. The van der Waals surface area contributed by atoms with Gasteiger partial charge in [-0.05, 0) is 84.5 Å². The van der Waals surface area contributed by atoms with Crippen molar-refractivity contribution in [2.24, 2.45) is 0 Å². The Morgan fingerprint density at radius 3 is 2.65 bits per heavy atom. The molecule has 1 aliphatic rings. The first-order valence-electron chi connectivity index (χ1n) is 9.06. The zero-order valence-electron chi connectivity index (χ0n) is 14.9. The molecule has 0 aliphatic heterocycles. The molecule has 0 spiro atoms. The Balaban J connectivity index is 1.63. The average molecular weight is 452 g/mol. The highest BCUT2D eigenvalue weighted by molar-refractivity contribution is 9.10. The van der Waals surface area contributed by atoms with Crippen LogP contribution in [0.4, 0.5) is 5.69 Å². The van der Waals surface area contributed by atoms with Crippen molar-refractivity contribution in [3.05, 3.63) is 63.1 Å². The van der Waals surface area contributed by atoms with Crippen molar-refractivity contribution in [1.29, 1.82) is 0 Å². The fourth-order valence-electron chi connectivity index (χ4n) is 3.72. The van der Waals surface area contributed by atoms with E-state index >= 15 is 0 Å². The van der Waals surface area contributed by atoms with E-state index in [0.717, 1.165) is 23.0 Å². The molecule has 0 aromatic heterocycles. The first kappa shape index (κ1) is 19.7. The predicted molar refractivity (Wildman–Crippen MR) is 119 cm³/mol. The Labute approximate surface area is 174 Å². The molecular formula is C21H24BrClN2S. The van der Waals surface area contributed by atoms with Crippen LogP contribution in [0.1, 0.15) is 43.2 Å². The summed E-state index contributed by atoms with van der Waals surface area (Å²) in [4.78, 5) is 0. The fourth-order valence-corrected chi connectivity index (χ4v) is 4.48. The van der Waals surface area contributed by atoms with E-state index in [0.29, 0.717) is 10.1 Å². The number of benzene rings is 2. The van der Waals surface area contributed by atoms with Crippen molar-refractivity contribution in [2.45, 2.75) is 51.0 Å². The number of hydrogen-bond acceptors (Lipinski definition) is 1. The van der Waals surface area contributed by atoms with Crippen molar-refractivity contribution >= 4 is 50.5 Å². The maximum atomic E-state index is 6.17. The van der Waals surface area contributed by atoms with Gasteiger partial charge in [0, 0.05) is 15.7 Å². The molecule has 0 bridgehead atoms. The summed E-state index contributed by atoms with van der Waals surface area (Å²) in [6.45, 7) is 2.15. The Kier molecular flexibility index (Phi) is 6.60. The summed E-state index contributed by atoms with van der Waals surface area (Å²) in [5.41, 5.74) is 3.71. The lowest BCUT2D eigenvalue weighted by atomic mass is 9.89. The minimum Gasteiger partial charge on any atom is -0.357 e. The SMILES string of the molecule is Cc1cccc(CCC2(NC(=S)Nc3ccc(Br)c(Cl)c3)CCCC2)c1. The monoisotopic (exact) mass is 450 g/mol. The van der Waals surface area contributed by atoms with E-state index in [1.54, 1.807) is 0 Å². The van der Waals surface area contributed by atoms with Crippen molar-refractivity contribution < 1.29 is 0 Å². The fraction of sp³-hybridized carbons (Fsp3) is 0.381. The van der Waals surface area contributed by atoms with E-state index in [9.17, 15) is 0 Å². The van der Waals surface area contributed by atoms with Crippen LogP contribution in [0.3, 0.4) is 0 Å². The number of hydrogen-bond donors (Lipinski definition) is 2. The normalized spacial score (nSPS) is 15.7.